The molecule has 26 heavy (non-hydrogen) atoms. The molecule has 1 atom stereocenters. The van der Waals surface area contributed by atoms with Crippen molar-refractivity contribution in [3.05, 3.63) is 59.7 Å². The van der Waals surface area contributed by atoms with Crippen LogP contribution in [0.15, 0.2) is 48.5 Å². The minimum absolute atomic E-state index is 0.120. The Kier molecular flexibility index (Phi) is 5.42. The third-order valence-electron chi connectivity index (χ3n) is 4.11. The average Bonchev–Trinajstić information content (AvgIpc) is 2.88. The van der Waals surface area contributed by atoms with E-state index < -0.39 is 5.25 Å². The van der Waals surface area contributed by atoms with Crippen LogP contribution in [-0.2, 0) is 14.4 Å². The van der Waals surface area contributed by atoms with Gasteiger partial charge in [-0.05, 0) is 43.7 Å². The molecule has 1 heterocycles. The number of anilines is 2. The Morgan fingerprint density at radius 2 is 1.85 bits per heavy atom. The first-order valence-corrected chi connectivity index (χ1v) is 9.40. The number of carbonyl (C=O) groups excluding carboxylic acids is 3. The van der Waals surface area contributed by atoms with Gasteiger partial charge in [0.1, 0.15) is 0 Å². The molecule has 2 aromatic rings. The molecule has 1 aliphatic rings. The van der Waals surface area contributed by atoms with Crippen LogP contribution in [0.4, 0.5) is 11.4 Å². The number of imide groups is 1. The van der Waals surface area contributed by atoms with Crippen molar-refractivity contribution in [2.24, 2.45) is 0 Å². The van der Waals surface area contributed by atoms with Crippen molar-refractivity contribution in [3.8, 4) is 0 Å². The molecule has 0 saturated carbocycles. The third-order valence-corrected chi connectivity index (χ3v) is 5.31. The smallest absolute Gasteiger partial charge is 0.247 e. The zero-order valence-corrected chi connectivity index (χ0v) is 15.5. The number of hydrogen-bond donors (Lipinski definition) is 1. The minimum Gasteiger partial charge on any atom is -0.325 e. The lowest BCUT2D eigenvalue weighted by molar-refractivity contribution is -0.121. The van der Waals surface area contributed by atoms with E-state index in [9.17, 15) is 14.4 Å². The summed E-state index contributed by atoms with van der Waals surface area (Å²) >= 11 is 1.20. The molecule has 0 spiro atoms. The van der Waals surface area contributed by atoms with Crippen molar-refractivity contribution in [1.82, 2.24) is 0 Å². The molecule has 0 radical (unpaired) electrons. The first-order valence-electron chi connectivity index (χ1n) is 8.35. The first-order chi connectivity index (χ1) is 12.4. The monoisotopic (exact) mass is 368 g/mol. The van der Waals surface area contributed by atoms with E-state index >= 15 is 0 Å². The molecule has 1 saturated heterocycles. The van der Waals surface area contributed by atoms with Crippen molar-refractivity contribution in [1.29, 1.82) is 0 Å². The largest absolute Gasteiger partial charge is 0.325 e. The lowest BCUT2D eigenvalue weighted by atomic mass is 10.2. The maximum Gasteiger partial charge on any atom is 0.247 e. The number of carbonyl (C=O) groups is 3. The van der Waals surface area contributed by atoms with E-state index in [-0.39, 0.29) is 29.9 Å². The van der Waals surface area contributed by atoms with Crippen molar-refractivity contribution in [3.63, 3.8) is 0 Å². The van der Waals surface area contributed by atoms with Gasteiger partial charge >= 0.3 is 0 Å². The molecular weight excluding hydrogens is 348 g/mol. The average molecular weight is 368 g/mol. The van der Waals surface area contributed by atoms with Crippen LogP contribution in [0.3, 0.4) is 0 Å². The molecule has 1 aliphatic heterocycles. The van der Waals surface area contributed by atoms with Gasteiger partial charge in [0.15, 0.2) is 0 Å². The third kappa shape index (κ3) is 4.14. The number of amides is 3. The Morgan fingerprint density at radius 3 is 2.54 bits per heavy atom. The van der Waals surface area contributed by atoms with Gasteiger partial charge in [-0.25, -0.2) is 4.90 Å². The molecule has 0 aromatic heterocycles. The molecule has 5 nitrogen and oxygen atoms in total. The lowest BCUT2D eigenvalue weighted by Gasteiger charge is -2.15. The van der Waals surface area contributed by atoms with Crippen molar-refractivity contribution in [2.75, 3.05) is 16.0 Å². The summed E-state index contributed by atoms with van der Waals surface area (Å²) in [6, 6.07) is 14.8. The van der Waals surface area contributed by atoms with Crippen LogP contribution in [0.5, 0.6) is 0 Å². The number of rotatable bonds is 5. The Hall–Kier alpha value is -2.60. The Morgan fingerprint density at radius 1 is 1.12 bits per heavy atom. The van der Waals surface area contributed by atoms with E-state index in [1.54, 1.807) is 12.1 Å². The molecule has 1 N–H and O–H groups in total. The molecule has 134 valence electrons. The molecule has 1 fully saturated rings. The number of nitrogens with one attached hydrogen (secondary N) is 1. The van der Waals surface area contributed by atoms with Crippen LogP contribution in [0.25, 0.3) is 0 Å². The highest BCUT2D eigenvalue weighted by molar-refractivity contribution is 8.01. The fourth-order valence-corrected chi connectivity index (χ4v) is 3.73. The van der Waals surface area contributed by atoms with E-state index in [4.69, 9.17) is 0 Å². The molecular formula is C20H20N2O3S. The highest BCUT2D eigenvalue weighted by Crippen LogP contribution is 2.29. The van der Waals surface area contributed by atoms with E-state index in [0.29, 0.717) is 5.69 Å². The van der Waals surface area contributed by atoms with Crippen LogP contribution in [-0.4, -0.2) is 28.7 Å². The highest BCUT2D eigenvalue weighted by Gasteiger charge is 2.39. The molecule has 2 aromatic carbocycles. The maximum absolute atomic E-state index is 12.6. The van der Waals surface area contributed by atoms with Crippen LogP contribution in [0, 0.1) is 13.8 Å². The number of benzene rings is 2. The van der Waals surface area contributed by atoms with Gasteiger partial charge in [-0.3, -0.25) is 14.4 Å². The first kappa shape index (κ1) is 18.2. The Bertz CT molecular complexity index is 848. The number of nitrogens with zero attached hydrogens (tertiary/aromatic N) is 1. The van der Waals surface area contributed by atoms with Crippen molar-refractivity contribution in [2.45, 2.75) is 25.5 Å². The van der Waals surface area contributed by atoms with E-state index in [2.05, 4.69) is 5.32 Å². The van der Waals surface area contributed by atoms with Crippen molar-refractivity contribution < 1.29 is 14.4 Å². The summed E-state index contributed by atoms with van der Waals surface area (Å²) in [7, 11) is 0. The van der Waals surface area contributed by atoms with E-state index in [1.165, 1.54) is 16.7 Å². The summed E-state index contributed by atoms with van der Waals surface area (Å²) in [5, 5.41) is 2.29. The van der Waals surface area contributed by atoms with Gasteiger partial charge in [-0.1, -0.05) is 29.8 Å². The van der Waals surface area contributed by atoms with E-state index in [0.717, 1.165) is 16.8 Å². The van der Waals surface area contributed by atoms with Crippen molar-refractivity contribution >= 4 is 40.9 Å². The van der Waals surface area contributed by atoms with Crippen LogP contribution >= 0.6 is 11.8 Å². The van der Waals surface area contributed by atoms with Crippen LogP contribution in [0.2, 0.25) is 0 Å². The summed E-state index contributed by atoms with van der Waals surface area (Å²) in [6.45, 7) is 3.90. The van der Waals surface area contributed by atoms with Gasteiger partial charge in [-0.2, -0.15) is 0 Å². The highest BCUT2D eigenvalue weighted by atomic mass is 32.2. The molecule has 3 amide bonds. The summed E-state index contributed by atoms with van der Waals surface area (Å²) in [5.41, 5.74) is 3.43. The molecule has 1 unspecified atom stereocenters. The van der Waals surface area contributed by atoms with Gasteiger partial charge in [-0.15, -0.1) is 11.8 Å². The predicted octanol–water partition coefficient (Wildman–Crippen LogP) is 3.31. The quantitative estimate of drug-likeness (QED) is 0.823. The fraction of sp³-hybridized carbons (Fsp3) is 0.250. The maximum atomic E-state index is 12.6. The Balaban J connectivity index is 1.59. The van der Waals surface area contributed by atoms with Crippen LogP contribution in [0.1, 0.15) is 17.5 Å². The summed E-state index contributed by atoms with van der Waals surface area (Å²) in [5.74, 6) is -0.545. The Labute approximate surface area is 156 Å². The topological polar surface area (TPSA) is 66.5 Å². The summed E-state index contributed by atoms with van der Waals surface area (Å²) < 4.78 is 0. The number of aryl methyl sites for hydroxylation is 2. The number of thioether (sulfide) groups is 1. The minimum atomic E-state index is -0.521. The zero-order valence-electron chi connectivity index (χ0n) is 14.7. The predicted molar refractivity (Wildman–Crippen MR) is 104 cm³/mol. The summed E-state index contributed by atoms with van der Waals surface area (Å²) in [6.07, 6.45) is 0.120. The molecule has 0 bridgehead atoms. The SMILES string of the molecule is Cc1ccc(N2C(=O)CC(SCC(=O)Nc3cccc(C)c3)C2=O)cc1. The second-order valence-electron chi connectivity index (χ2n) is 6.32. The zero-order chi connectivity index (χ0) is 18.7. The van der Waals surface area contributed by atoms with Crippen LogP contribution < -0.4 is 10.2 Å². The van der Waals surface area contributed by atoms with E-state index in [1.807, 2.05) is 50.2 Å². The van der Waals surface area contributed by atoms with Gasteiger partial charge in [0.05, 0.1) is 16.7 Å². The number of hydrogen-bond acceptors (Lipinski definition) is 4. The second-order valence-corrected chi connectivity index (χ2v) is 7.52. The van der Waals surface area contributed by atoms with Gasteiger partial charge in [0.25, 0.3) is 0 Å². The second kappa shape index (κ2) is 7.74. The van der Waals surface area contributed by atoms with Gasteiger partial charge in [0, 0.05) is 12.1 Å². The lowest BCUT2D eigenvalue weighted by Crippen LogP contribution is -2.31. The van der Waals surface area contributed by atoms with Gasteiger partial charge < -0.3 is 5.32 Å². The standard InChI is InChI=1S/C20H20N2O3S/c1-13-6-8-16(9-7-13)22-19(24)11-17(20(22)25)26-12-18(23)21-15-5-3-4-14(2)10-15/h3-10,17H,11-12H2,1-2H3,(H,21,23). The molecule has 3 rings (SSSR count). The fourth-order valence-electron chi connectivity index (χ4n) is 2.80. The van der Waals surface area contributed by atoms with Gasteiger partial charge in [0.2, 0.25) is 17.7 Å². The normalized spacial score (nSPS) is 16.8. The molecule has 6 heteroatoms. The summed E-state index contributed by atoms with van der Waals surface area (Å²) in [4.78, 5) is 38.1. The molecule has 0 aliphatic carbocycles.